The molecule has 2 saturated carbocycles. The topological polar surface area (TPSA) is 23.8 Å². The van der Waals surface area contributed by atoms with Crippen LogP contribution in [0.2, 0.25) is 0 Å². The Kier molecular flexibility index (Phi) is 8.36. The van der Waals surface area contributed by atoms with Crippen molar-refractivity contribution >= 4 is 0 Å². The van der Waals surface area contributed by atoms with Crippen LogP contribution < -0.4 is 0 Å². The second kappa shape index (κ2) is 11.2. The zero-order valence-electron chi connectivity index (χ0n) is 18.2. The number of benzene rings is 1. The maximum Gasteiger partial charge on any atom is 0.0912 e. The Morgan fingerprint density at radius 3 is 2.17 bits per heavy atom. The molecule has 0 spiro atoms. The Hall–Kier alpha value is -2.07. The molecule has 154 valence electrons. The van der Waals surface area contributed by atoms with Gasteiger partial charge >= 0.3 is 0 Å². The predicted octanol–water partition coefficient (Wildman–Crippen LogP) is 7.91. The standard InChI is InChI=1S/C28H37N/c1-3-7-23-11-15-27(16-12-23)28-19-17-26(18-20-28)22(2)25-13-9-24(10-14-25)8-5-4-6-21-29/h4-6,8,11-12,15-16,24-26,28H,2-3,7,9-10,13-14,17-20H2,1H3/b6-4+,8-5+. The lowest BCUT2D eigenvalue weighted by Gasteiger charge is -2.36. The summed E-state index contributed by atoms with van der Waals surface area (Å²) in [5.41, 5.74) is 4.57. The summed E-state index contributed by atoms with van der Waals surface area (Å²) in [5, 5.41) is 8.55. The van der Waals surface area contributed by atoms with Crippen molar-refractivity contribution in [3.63, 3.8) is 0 Å². The summed E-state index contributed by atoms with van der Waals surface area (Å²) in [5.74, 6) is 2.89. The Balaban J connectivity index is 1.44. The molecule has 2 aliphatic rings. The molecular formula is C28H37N. The second-order valence-electron chi connectivity index (χ2n) is 9.10. The molecule has 1 heteroatoms. The summed E-state index contributed by atoms with van der Waals surface area (Å²) in [7, 11) is 0. The molecule has 0 N–H and O–H groups in total. The van der Waals surface area contributed by atoms with E-state index in [0.717, 1.165) is 17.8 Å². The molecule has 0 radical (unpaired) electrons. The molecule has 0 bridgehead atoms. The van der Waals surface area contributed by atoms with E-state index in [-0.39, 0.29) is 0 Å². The molecule has 0 saturated heterocycles. The number of hydrogen-bond acceptors (Lipinski definition) is 1. The zero-order chi connectivity index (χ0) is 20.5. The van der Waals surface area contributed by atoms with Crippen molar-refractivity contribution in [3.05, 3.63) is 71.8 Å². The average molecular weight is 388 g/mol. The van der Waals surface area contributed by atoms with Crippen LogP contribution in [0.5, 0.6) is 0 Å². The summed E-state index contributed by atoms with van der Waals surface area (Å²) in [6, 6.07) is 11.5. The molecule has 2 fully saturated rings. The quantitative estimate of drug-likeness (QED) is 0.265. The van der Waals surface area contributed by atoms with Gasteiger partial charge in [0, 0.05) is 6.08 Å². The van der Waals surface area contributed by atoms with Crippen molar-refractivity contribution in [3.8, 4) is 6.07 Å². The van der Waals surface area contributed by atoms with E-state index in [1.54, 1.807) is 17.2 Å². The van der Waals surface area contributed by atoms with Gasteiger partial charge in [0.2, 0.25) is 0 Å². The third-order valence-electron chi connectivity index (χ3n) is 7.20. The highest BCUT2D eigenvalue weighted by Crippen LogP contribution is 2.43. The van der Waals surface area contributed by atoms with Gasteiger partial charge in [0.15, 0.2) is 0 Å². The first-order chi connectivity index (χ1) is 14.2. The predicted molar refractivity (Wildman–Crippen MR) is 124 cm³/mol. The second-order valence-corrected chi connectivity index (χ2v) is 9.10. The average Bonchev–Trinajstić information content (AvgIpc) is 2.78. The maximum atomic E-state index is 8.55. The lowest BCUT2D eigenvalue weighted by Crippen LogP contribution is -2.22. The van der Waals surface area contributed by atoms with Gasteiger partial charge in [-0.1, -0.05) is 68.0 Å². The molecule has 0 aliphatic heterocycles. The molecule has 0 aromatic heterocycles. The number of hydrogen-bond donors (Lipinski definition) is 0. The molecule has 29 heavy (non-hydrogen) atoms. The molecule has 2 aliphatic carbocycles. The number of nitrogens with zero attached hydrogens (tertiary/aromatic N) is 1. The van der Waals surface area contributed by atoms with E-state index in [1.165, 1.54) is 69.8 Å². The lowest BCUT2D eigenvalue weighted by molar-refractivity contribution is 0.290. The van der Waals surface area contributed by atoms with E-state index in [4.69, 9.17) is 5.26 Å². The van der Waals surface area contributed by atoms with Crippen LogP contribution in [0.25, 0.3) is 0 Å². The van der Waals surface area contributed by atoms with Crippen LogP contribution in [0.1, 0.15) is 81.8 Å². The van der Waals surface area contributed by atoms with Gasteiger partial charge in [0.1, 0.15) is 0 Å². The van der Waals surface area contributed by atoms with Crippen molar-refractivity contribution in [2.75, 3.05) is 0 Å². The largest absolute Gasteiger partial charge is 0.193 e. The van der Waals surface area contributed by atoms with Crippen LogP contribution in [-0.2, 0) is 6.42 Å². The number of allylic oxidation sites excluding steroid dienone is 5. The number of nitriles is 1. The smallest absolute Gasteiger partial charge is 0.0912 e. The molecule has 0 heterocycles. The van der Waals surface area contributed by atoms with Gasteiger partial charge in [-0.2, -0.15) is 5.26 Å². The third-order valence-corrected chi connectivity index (χ3v) is 7.20. The SMILES string of the molecule is C=C(C1CCC(/C=C/C=C/C#N)CC1)C1CCC(c2ccc(CCC)cc2)CC1. The molecule has 0 atom stereocenters. The fourth-order valence-corrected chi connectivity index (χ4v) is 5.38. The fraction of sp³-hybridized carbons (Fsp3) is 0.536. The Morgan fingerprint density at radius 1 is 0.966 bits per heavy atom. The van der Waals surface area contributed by atoms with E-state index < -0.39 is 0 Å². The highest BCUT2D eigenvalue weighted by atomic mass is 14.3. The van der Waals surface area contributed by atoms with Gasteiger partial charge in [-0.3, -0.25) is 0 Å². The van der Waals surface area contributed by atoms with Gasteiger partial charge in [-0.05, 0) is 92.6 Å². The monoisotopic (exact) mass is 387 g/mol. The molecule has 1 nitrogen and oxygen atoms in total. The summed E-state index contributed by atoms with van der Waals surface area (Å²) in [4.78, 5) is 0. The van der Waals surface area contributed by atoms with Gasteiger partial charge in [-0.15, -0.1) is 0 Å². The van der Waals surface area contributed by atoms with Crippen LogP contribution >= 0.6 is 0 Å². The van der Waals surface area contributed by atoms with Crippen molar-refractivity contribution in [1.29, 1.82) is 5.26 Å². The first-order valence-electron chi connectivity index (χ1n) is 11.7. The van der Waals surface area contributed by atoms with Crippen molar-refractivity contribution in [1.82, 2.24) is 0 Å². The summed E-state index contributed by atoms with van der Waals surface area (Å²) in [6.45, 7) is 6.83. The third kappa shape index (κ3) is 6.20. The summed E-state index contributed by atoms with van der Waals surface area (Å²) < 4.78 is 0. The molecule has 1 aromatic rings. The Morgan fingerprint density at radius 2 is 1.59 bits per heavy atom. The molecular weight excluding hydrogens is 350 g/mol. The van der Waals surface area contributed by atoms with Gasteiger partial charge in [0.05, 0.1) is 6.07 Å². The van der Waals surface area contributed by atoms with Crippen LogP contribution in [0.15, 0.2) is 60.7 Å². The van der Waals surface area contributed by atoms with E-state index in [9.17, 15) is 0 Å². The molecule has 0 unspecified atom stereocenters. The summed E-state index contributed by atoms with van der Waals surface area (Å²) >= 11 is 0. The van der Waals surface area contributed by atoms with Crippen molar-refractivity contribution in [2.24, 2.45) is 17.8 Å². The maximum absolute atomic E-state index is 8.55. The first kappa shape index (κ1) is 21.6. The van der Waals surface area contributed by atoms with Crippen LogP contribution in [0.4, 0.5) is 0 Å². The minimum atomic E-state index is 0.675. The molecule has 3 rings (SSSR count). The van der Waals surface area contributed by atoms with E-state index in [1.807, 2.05) is 18.2 Å². The van der Waals surface area contributed by atoms with Gasteiger partial charge in [0.25, 0.3) is 0 Å². The molecule has 1 aromatic carbocycles. The number of aryl methyl sites for hydroxylation is 1. The van der Waals surface area contributed by atoms with Crippen LogP contribution in [-0.4, -0.2) is 0 Å². The van der Waals surface area contributed by atoms with Gasteiger partial charge < -0.3 is 0 Å². The van der Waals surface area contributed by atoms with E-state index >= 15 is 0 Å². The Labute approximate surface area is 178 Å². The van der Waals surface area contributed by atoms with Crippen molar-refractivity contribution < 1.29 is 0 Å². The van der Waals surface area contributed by atoms with E-state index in [0.29, 0.717) is 5.92 Å². The lowest BCUT2D eigenvalue weighted by atomic mass is 9.70. The minimum absolute atomic E-state index is 0.675. The Bertz CT molecular complexity index is 730. The van der Waals surface area contributed by atoms with Crippen molar-refractivity contribution in [2.45, 2.75) is 77.0 Å². The number of rotatable bonds is 7. The van der Waals surface area contributed by atoms with Crippen LogP contribution in [0, 0.1) is 29.1 Å². The van der Waals surface area contributed by atoms with Crippen LogP contribution in [0.3, 0.4) is 0 Å². The normalized spacial score (nSPS) is 27.9. The fourth-order valence-electron chi connectivity index (χ4n) is 5.38. The zero-order valence-corrected chi connectivity index (χ0v) is 18.2. The minimum Gasteiger partial charge on any atom is -0.193 e. The van der Waals surface area contributed by atoms with Gasteiger partial charge in [-0.25, -0.2) is 0 Å². The highest BCUT2D eigenvalue weighted by molar-refractivity contribution is 5.26. The summed E-state index contributed by atoms with van der Waals surface area (Å²) in [6.07, 6.45) is 20.5. The first-order valence-corrected chi connectivity index (χ1v) is 11.7. The molecule has 0 amide bonds. The van der Waals surface area contributed by atoms with E-state index in [2.05, 4.69) is 43.8 Å². The highest BCUT2D eigenvalue weighted by Gasteiger charge is 2.29.